The summed E-state index contributed by atoms with van der Waals surface area (Å²) >= 11 is 1.54. The Morgan fingerprint density at radius 1 is 1.03 bits per heavy atom. The van der Waals surface area contributed by atoms with Crippen LogP contribution < -0.4 is 10.6 Å². The van der Waals surface area contributed by atoms with Gasteiger partial charge < -0.3 is 30.7 Å². The first-order chi connectivity index (χ1) is 17.4. The summed E-state index contributed by atoms with van der Waals surface area (Å²) in [4.78, 5) is 18.9. The van der Waals surface area contributed by atoms with Crippen LogP contribution in [0.1, 0.15) is 43.5 Å². The van der Waals surface area contributed by atoms with E-state index in [1.54, 1.807) is 13.3 Å². The summed E-state index contributed by atoms with van der Waals surface area (Å²) in [5.74, 6) is 0.620. The van der Waals surface area contributed by atoms with Crippen LogP contribution in [0, 0.1) is 19.8 Å². The van der Waals surface area contributed by atoms with Crippen molar-refractivity contribution in [3.63, 3.8) is 0 Å². The van der Waals surface area contributed by atoms with Gasteiger partial charge in [0.15, 0.2) is 0 Å². The molecule has 2 aliphatic carbocycles. The Kier molecular flexibility index (Phi) is 7.36. The lowest BCUT2D eigenvalue weighted by Crippen LogP contribution is -2.38. The number of hydrogen-bond acceptors (Lipinski definition) is 11. The molecule has 194 valence electrons. The molecule has 0 aromatic carbocycles. The Labute approximate surface area is 214 Å². The van der Waals surface area contributed by atoms with Crippen molar-refractivity contribution in [1.29, 1.82) is 0 Å². The second-order valence-electron chi connectivity index (χ2n) is 9.84. The van der Waals surface area contributed by atoms with Gasteiger partial charge in [0, 0.05) is 25.8 Å². The fourth-order valence-corrected chi connectivity index (χ4v) is 6.53. The monoisotopic (exact) mass is 514 g/mol. The van der Waals surface area contributed by atoms with Gasteiger partial charge in [-0.1, -0.05) is 12.8 Å². The second kappa shape index (κ2) is 10.5. The van der Waals surface area contributed by atoms with Crippen LogP contribution in [0.4, 0.5) is 11.8 Å². The summed E-state index contributed by atoms with van der Waals surface area (Å²) in [5.41, 5.74) is 3.19. The zero-order valence-corrected chi connectivity index (χ0v) is 21.6. The quantitative estimate of drug-likeness (QED) is 0.319. The van der Waals surface area contributed by atoms with Crippen molar-refractivity contribution in [3.05, 3.63) is 23.7 Å². The van der Waals surface area contributed by atoms with E-state index in [2.05, 4.69) is 15.6 Å². The van der Waals surface area contributed by atoms with Gasteiger partial charge in [0.25, 0.3) is 0 Å². The highest BCUT2D eigenvalue weighted by atomic mass is 32.1. The molecule has 3 aromatic rings. The molecule has 0 amide bonds. The van der Waals surface area contributed by atoms with E-state index < -0.39 is 24.2 Å². The summed E-state index contributed by atoms with van der Waals surface area (Å²) in [6.07, 6.45) is 4.48. The zero-order valence-electron chi connectivity index (χ0n) is 20.8. The lowest BCUT2D eigenvalue weighted by Gasteiger charge is -2.31. The zero-order chi connectivity index (χ0) is 25.4. The number of thiazole rings is 1. The summed E-state index contributed by atoms with van der Waals surface area (Å²) in [6, 6.07) is 1.58. The highest BCUT2D eigenvalue weighted by Crippen LogP contribution is 2.38. The van der Waals surface area contributed by atoms with Gasteiger partial charge in [0.05, 0.1) is 45.9 Å². The topological polar surface area (TPSA) is 146 Å². The molecule has 0 unspecified atom stereocenters. The number of methoxy groups -OCH3 is 1. The number of anilines is 2. The first kappa shape index (κ1) is 25.2. The molecule has 3 aromatic heterocycles. The van der Waals surface area contributed by atoms with Gasteiger partial charge >= 0.3 is 0 Å². The number of nitrogens with one attached hydrogen (secondary N) is 2. The summed E-state index contributed by atoms with van der Waals surface area (Å²) < 4.78 is 6.72. The van der Waals surface area contributed by atoms with Crippen LogP contribution in [-0.4, -0.2) is 79.4 Å². The number of nitrogens with zero attached hydrogens (tertiary/aromatic N) is 4. The largest absolute Gasteiger partial charge is 0.396 e. The van der Waals surface area contributed by atoms with Crippen molar-refractivity contribution >= 4 is 33.3 Å². The summed E-state index contributed by atoms with van der Waals surface area (Å²) in [7, 11) is 1.74. The standard InChI is InChI=1S/C25H34N6O4S/c1-12-19(24-30-20-13(2)26-9-8-18(20)36-24)23(28-16-10-14(11-32)21(33)22(16)34)31-25(27-12)29-15-6-4-5-7-17(15)35-3/h8-9,14-17,21-22,32-34H,4-7,10-11H2,1-3H3,(H2,27,28,29,31)/t14-,15-,16-,17-,21-,22+/m1/s1. The number of ether oxygens (including phenoxy) is 1. The first-order valence-corrected chi connectivity index (χ1v) is 13.3. The van der Waals surface area contributed by atoms with Crippen molar-refractivity contribution in [2.45, 2.75) is 76.3 Å². The molecule has 5 N–H and O–H groups in total. The average Bonchev–Trinajstić information content (AvgIpc) is 3.41. The molecular weight excluding hydrogens is 480 g/mol. The fourth-order valence-electron chi connectivity index (χ4n) is 5.42. The van der Waals surface area contributed by atoms with Crippen molar-refractivity contribution in [1.82, 2.24) is 19.9 Å². The Hall–Kier alpha value is -2.44. The van der Waals surface area contributed by atoms with E-state index in [9.17, 15) is 15.3 Å². The van der Waals surface area contributed by atoms with Crippen molar-refractivity contribution in [2.75, 3.05) is 24.4 Å². The third kappa shape index (κ3) is 4.78. The summed E-state index contributed by atoms with van der Waals surface area (Å²) in [5, 5.41) is 38.3. The van der Waals surface area contributed by atoms with Crippen LogP contribution in [0.15, 0.2) is 12.3 Å². The Bertz CT molecular complexity index is 1220. The molecule has 0 saturated heterocycles. The number of pyridine rings is 1. The third-order valence-electron chi connectivity index (χ3n) is 7.47. The molecule has 5 rings (SSSR count). The summed E-state index contributed by atoms with van der Waals surface area (Å²) in [6.45, 7) is 3.67. The van der Waals surface area contributed by atoms with Crippen molar-refractivity contribution in [2.24, 2.45) is 5.92 Å². The molecule has 2 aliphatic rings. The van der Waals surface area contributed by atoms with Gasteiger partial charge in [0.2, 0.25) is 5.95 Å². The minimum Gasteiger partial charge on any atom is -0.396 e. The molecule has 0 spiro atoms. The van der Waals surface area contributed by atoms with E-state index in [4.69, 9.17) is 19.7 Å². The van der Waals surface area contributed by atoms with Crippen LogP contribution >= 0.6 is 11.3 Å². The van der Waals surface area contributed by atoms with Crippen molar-refractivity contribution in [3.8, 4) is 10.6 Å². The molecule has 10 nitrogen and oxygen atoms in total. The minimum atomic E-state index is -1.03. The number of aromatic nitrogens is 4. The third-order valence-corrected chi connectivity index (χ3v) is 8.51. The van der Waals surface area contributed by atoms with E-state index in [1.165, 1.54) is 11.3 Å². The van der Waals surface area contributed by atoms with Crippen LogP contribution in [0.3, 0.4) is 0 Å². The second-order valence-corrected chi connectivity index (χ2v) is 10.9. The lowest BCUT2D eigenvalue weighted by molar-refractivity contribution is 0.00446. The molecule has 6 atom stereocenters. The lowest BCUT2D eigenvalue weighted by atomic mass is 9.92. The number of aliphatic hydroxyl groups excluding tert-OH is 3. The highest BCUT2D eigenvalue weighted by Gasteiger charge is 2.41. The van der Waals surface area contributed by atoms with Gasteiger partial charge in [0.1, 0.15) is 22.4 Å². The van der Waals surface area contributed by atoms with E-state index in [0.29, 0.717) is 18.2 Å². The highest BCUT2D eigenvalue weighted by molar-refractivity contribution is 7.21. The van der Waals surface area contributed by atoms with E-state index in [0.717, 1.165) is 57.9 Å². The van der Waals surface area contributed by atoms with Crippen LogP contribution in [0.5, 0.6) is 0 Å². The Morgan fingerprint density at radius 3 is 2.56 bits per heavy atom. The minimum absolute atomic E-state index is 0.0931. The SMILES string of the molecule is CO[C@@H]1CCCC[C@H]1Nc1nc(C)c(-c2nc3c(C)nccc3s2)c(N[C@@H]2C[C@H](CO)[C@@H](O)[C@H]2O)n1. The molecule has 3 heterocycles. The molecule has 11 heteroatoms. The Balaban J connectivity index is 1.54. The number of fused-ring (bicyclic) bond motifs is 1. The maximum atomic E-state index is 10.7. The molecular formula is C25H34N6O4S. The average molecular weight is 515 g/mol. The molecule has 2 saturated carbocycles. The fraction of sp³-hybridized carbons (Fsp3) is 0.600. The van der Waals surface area contributed by atoms with Crippen molar-refractivity contribution < 1.29 is 20.1 Å². The Morgan fingerprint density at radius 2 is 1.83 bits per heavy atom. The maximum Gasteiger partial charge on any atom is 0.225 e. The van der Waals surface area contributed by atoms with Gasteiger partial charge in [-0.05, 0) is 39.2 Å². The number of aliphatic hydroxyl groups is 3. The van der Waals surface area contributed by atoms with E-state index in [-0.39, 0.29) is 18.8 Å². The van der Waals surface area contributed by atoms with Gasteiger partial charge in [-0.25, -0.2) is 9.97 Å². The predicted octanol–water partition coefficient (Wildman–Crippen LogP) is 2.65. The number of rotatable bonds is 7. The van der Waals surface area contributed by atoms with E-state index >= 15 is 0 Å². The maximum absolute atomic E-state index is 10.7. The van der Waals surface area contributed by atoms with Gasteiger partial charge in [-0.3, -0.25) is 4.98 Å². The number of hydrogen-bond donors (Lipinski definition) is 5. The molecule has 0 bridgehead atoms. The number of aryl methyl sites for hydroxylation is 2. The van der Waals surface area contributed by atoms with Gasteiger partial charge in [-0.15, -0.1) is 11.3 Å². The van der Waals surface area contributed by atoms with Crippen LogP contribution in [0.2, 0.25) is 0 Å². The van der Waals surface area contributed by atoms with E-state index in [1.807, 2.05) is 19.9 Å². The molecule has 2 fully saturated rings. The normalized spacial score (nSPS) is 28.5. The first-order valence-electron chi connectivity index (χ1n) is 12.5. The predicted molar refractivity (Wildman–Crippen MR) is 139 cm³/mol. The molecule has 36 heavy (non-hydrogen) atoms. The smallest absolute Gasteiger partial charge is 0.225 e. The molecule has 0 aliphatic heterocycles. The van der Waals surface area contributed by atoms with Crippen LogP contribution in [-0.2, 0) is 4.74 Å². The molecule has 0 radical (unpaired) electrons. The van der Waals surface area contributed by atoms with Gasteiger partial charge in [-0.2, -0.15) is 4.98 Å². The van der Waals surface area contributed by atoms with Crippen LogP contribution in [0.25, 0.3) is 20.8 Å².